The Labute approximate surface area is 119 Å². The molecule has 2 rings (SSSR count). The fraction of sp³-hybridized carbons (Fsp3) is 0.294. The summed E-state index contributed by atoms with van der Waals surface area (Å²) < 4.78 is 5.75. The van der Waals surface area contributed by atoms with Crippen LogP contribution >= 0.6 is 0 Å². The number of fused-ring (bicyclic) bond motifs is 1. The van der Waals surface area contributed by atoms with E-state index < -0.39 is 0 Å². The van der Waals surface area contributed by atoms with Crippen molar-refractivity contribution in [3.05, 3.63) is 54.6 Å². The molecule has 106 valence electrons. The molecule has 0 saturated carbocycles. The van der Waals surface area contributed by atoms with E-state index in [0.717, 1.165) is 12.3 Å². The van der Waals surface area contributed by atoms with Crippen LogP contribution in [-0.4, -0.2) is 24.4 Å². The predicted molar refractivity (Wildman–Crippen MR) is 81.8 cm³/mol. The Kier molecular flexibility index (Phi) is 5.16. The molecule has 0 unspecified atom stereocenters. The Morgan fingerprint density at radius 2 is 2.10 bits per heavy atom. The molecule has 0 fully saturated rings. The Balaban J connectivity index is 2.31. The van der Waals surface area contributed by atoms with Gasteiger partial charge in [0.05, 0.1) is 11.7 Å². The van der Waals surface area contributed by atoms with Crippen molar-refractivity contribution < 1.29 is 15.2 Å². The van der Waals surface area contributed by atoms with Crippen molar-refractivity contribution in [3.8, 4) is 5.75 Å². The number of quaternary nitrogens is 1. The van der Waals surface area contributed by atoms with Crippen molar-refractivity contribution in [3.63, 3.8) is 0 Å². The zero-order chi connectivity index (χ0) is 14.4. The average Bonchev–Trinajstić information content (AvgIpc) is 2.45. The maximum atomic E-state index is 9.38. The third-order valence-corrected chi connectivity index (χ3v) is 3.21. The first-order chi connectivity index (χ1) is 9.72. The van der Waals surface area contributed by atoms with Crippen LogP contribution in [0.4, 0.5) is 0 Å². The standard InChI is InChI=1S/C17H21NO2/c1-3-10-20-17-9-8-14-6-4-5-7-15(14)16(17)12-18-11-13(2)19/h3-9,13,18-19H,1,10-12H2,2H3/p+1/t13-/m0/s1. The van der Waals surface area contributed by atoms with Crippen molar-refractivity contribution in [2.45, 2.75) is 19.6 Å². The number of hydrogen-bond donors (Lipinski definition) is 2. The monoisotopic (exact) mass is 272 g/mol. The Morgan fingerprint density at radius 1 is 1.30 bits per heavy atom. The van der Waals surface area contributed by atoms with Gasteiger partial charge in [-0.05, 0) is 23.8 Å². The summed E-state index contributed by atoms with van der Waals surface area (Å²) in [6.07, 6.45) is 1.45. The van der Waals surface area contributed by atoms with Gasteiger partial charge in [-0.25, -0.2) is 0 Å². The molecular formula is C17H22NO2+. The number of nitrogens with two attached hydrogens (primary N) is 1. The molecule has 0 saturated heterocycles. The van der Waals surface area contributed by atoms with Gasteiger partial charge in [0.1, 0.15) is 25.4 Å². The van der Waals surface area contributed by atoms with Crippen LogP contribution in [-0.2, 0) is 6.54 Å². The summed E-state index contributed by atoms with van der Waals surface area (Å²) in [6, 6.07) is 12.4. The minimum Gasteiger partial charge on any atom is -0.489 e. The highest BCUT2D eigenvalue weighted by molar-refractivity contribution is 5.87. The lowest BCUT2D eigenvalue weighted by atomic mass is 10.0. The Hall–Kier alpha value is -1.84. The maximum Gasteiger partial charge on any atom is 0.129 e. The SMILES string of the molecule is C=CCOc1ccc2ccccc2c1C[NH2+]C[C@H](C)O. The molecule has 2 aromatic carbocycles. The Morgan fingerprint density at radius 3 is 2.85 bits per heavy atom. The van der Waals surface area contributed by atoms with Gasteiger partial charge >= 0.3 is 0 Å². The van der Waals surface area contributed by atoms with Gasteiger partial charge in [0.2, 0.25) is 0 Å². The minimum absolute atomic E-state index is 0.303. The molecule has 0 bridgehead atoms. The molecule has 2 aromatic rings. The molecule has 0 radical (unpaired) electrons. The van der Waals surface area contributed by atoms with Crippen molar-refractivity contribution in [1.29, 1.82) is 0 Å². The molecule has 3 heteroatoms. The number of aliphatic hydroxyl groups excluding tert-OH is 1. The molecule has 3 N–H and O–H groups in total. The fourth-order valence-corrected chi connectivity index (χ4v) is 2.28. The molecule has 0 spiro atoms. The van der Waals surface area contributed by atoms with Gasteiger partial charge < -0.3 is 15.2 Å². The van der Waals surface area contributed by atoms with Crippen LogP contribution in [0.3, 0.4) is 0 Å². The molecule has 0 heterocycles. The minimum atomic E-state index is -0.303. The topological polar surface area (TPSA) is 46.1 Å². The summed E-state index contributed by atoms with van der Waals surface area (Å²) >= 11 is 0. The first kappa shape index (κ1) is 14.6. The molecule has 3 nitrogen and oxygen atoms in total. The van der Waals surface area contributed by atoms with Crippen LogP contribution in [0.5, 0.6) is 5.75 Å². The first-order valence-corrected chi connectivity index (χ1v) is 6.96. The summed E-state index contributed by atoms with van der Waals surface area (Å²) in [4.78, 5) is 0. The fourth-order valence-electron chi connectivity index (χ4n) is 2.28. The van der Waals surface area contributed by atoms with Crippen LogP contribution < -0.4 is 10.1 Å². The highest BCUT2D eigenvalue weighted by Gasteiger charge is 2.10. The average molecular weight is 272 g/mol. The maximum absolute atomic E-state index is 9.38. The van der Waals surface area contributed by atoms with E-state index in [1.807, 2.05) is 18.2 Å². The van der Waals surface area contributed by atoms with E-state index in [9.17, 15) is 5.11 Å². The van der Waals surface area contributed by atoms with E-state index >= 15 is 0 Å². The highest BCUT2D eigenvalue weighted by atomic mass is 16.5. The lowest BCUT2D eigenvalue weighted by molar-refractivity contribution is -0.675. The van der Waals surface area contributed by atoms with Gasteiger partial charge in [0.25, 0.3) is 0 Å². The van der Waals surface area contributed by atoms with E-state index in [4.69, 9.17) is 4.74 Å². The molecule has 0 aliphatic heterocycles. The quantitative estimate of drug-likeness (QED) is 0.756. The normalized spacial score (nSPS) is 12.3. The van der Waals surface area contributed by atoms with Crippen molar-refractivity contribution in [2.24, 2.45) is 0 Å². The summed E-state index contributed by atoms with van der Waals surface area (Å²) in [5, 5.41) is 13.9. The molecular weight excluding hydrogens is 250 g/mol. The van der Waals surface area contributed by atoms with Crippen molar-refractivity contribution >= 4 is 10.8 Å². The number of hydrogen-bond acceptors (Lipinski definition) is 2. The van der Waals surface area contributed by atoms with Gasteiger partial charge in [-0.1, -0.05) is 43.0 Å². The number of ether oxygens (including phenoxy) is 1. The molecule has 0 aromatic heterocycles. The zero-order valence-electron chi connectivity index (χ0n) is 11.9. The summed E-state index contributed by atoms with van der Waals surface area (Å²) in [5.74, 6) is 0.894. The second kappa shape index (κ2) is 7.08. The lowest BCUT2D eigenvalue weighted by Crippen LogP contribution is -2.84. The molecule has 20 heavy (non-hydrogen) atoms. The Bertz CT molecular complexity index is 578. The second-order valence-corrected chi connectivity index (χ2v) is 4.94. The van der Waals surface area contributed by atoms with Crippen LogP contribution in [0, 0.1) is 0 Å². The smallest absolute Gasteiger partial charge is 0.129 e. The number of aliphatic hydroxyl groups is 1. The lowest BCUT2D eigenvalue weighted by Gasteiger charge is -2.13. The van der Waals surface area contributed by atoms with Crippen molar-refractivity contribution in [1.82, 2.24) is 0 Å². The summed E-state index contributed by atoms with van der Waals surface area (Å²) in [6.45, 7) is 7.46. The number of benzene rings is 2. The number of rotatable bonds is 7. The second-order valence-electron chi connectivity index (χ2n) is 4.94. The van der Waals surface area contributed by atoms with E-state index in [0.29, 0.717) is 13.2 Å². The highest BCUT2D eigenvalue weighted by Crippen LogP contribution is 2.27. The van der Waals surface area contributed by atoms with E-state index in [-0.39, 0.29) is 6.10 Å². The molecule has 1 atom stereocenters. The van der Waals surface area contributed by atoms with Crippen LogP contribution in [0.2, 0.25) is 0 Å². The first-order valence-electron chi connectivity index (χ1n) is 6.96. The van der Waals surface area contributed by atoms with E-state index in [1.165, 1.54) is 16.3 Å². The molecule has 0 amide bonds. The largest absolute Gasteiger partial charge is 0.489 e. The summed E-state index contributed by atoms with van der Waals surface area (Å²) in [7, 11) is 0. The van der Waals surface area contributed by atoms with E-state index in [2.05, 4.69) is 30.1 Å². The third kappa shape index (κ3) is 3.59. The predicted octanol–water partition coefficient (Wildman–Crippen LogP) is 1.85. The van der Waals surface area contributed by atoms with Gasteiger partial charge in [-0.15, -0.1) is 0 Å². The van der Waals surface area contributed by atoms with E-state index in [1.54, 1.807) is 13.0 Å². The van der Waals surface area contributed by atoms with Gasteiger partial charge in [0.15, 0.2) is 0 Å². The van der Waals surface area contributed by atoms with Gasteiger partial charge in [0, 0.05) is 0 Å². The van der Waals surface area contributed by atoms with Crippen molar-refractivity contribution in [2.75, 3.05) is 13.2 Å². The van der Waals surface area contributed by atoms with Crippen LogP contribution in [0.1, 0.15) is 12.5 Å². The van der Waals surface area contributed by atoms with Crippen LogP contribution in [0.25, 0.3) is 10.8 Å². The van der Waals surface area contributed by atoms with Gasteiger partial charge in [-0.2, -0.15) is 0 Å². The van der Waals surface area contributed by atoms with Crippen LogP contribution in [0.15, 0.2) is 49.1 Å². The molecule has 0 aliphatic rings. The zero-order valence-corrected chi connectivity index (χ0v) is 11.9. The summed E-state index contributed by atoms with van der Waals surface area (Å²) in [5.41, 5.74) is 1.17. The van der Waals surface area contributed by atoms with Gasteiger partial charge in [-0.3, -0.25) is 0 Å². The molecule has 0 aliphatic carbocycles. The third-order valence-electron chi connectivity index (χ3n) is 3.21.